The predicted octanol–water partition coefficient (Wildman–Crippen LogP) is 4.64. The van der Waals surface area contributed by atoms with Gasteiger partial charge in [0, 0.05) is 17.2 Å². The van der Waals surface area contributed by atoms with Crippen molar-refractivity contribution in [1.82, 2.24) is 24.6 Å². The van der Waals surface area contributed by atoms with Gasteiger partial charge in [-0.05, 0) is 68.0 Å². The molecule has 0 spiro atoms. The van der Waals surface area contributed by atoms with Gasteiger partial charge in [0.2, 0.25) is 0 Å². The van der Waals surface area contributed by atoms with Crippen LogP contribution in [-0.4, -0.2) is 37.8 Å². The van der Waals surface area contributed by atoms with Crippen molar-refractivity contribution in [2.24, 2.45) is 0 Å². The number of benzene rings is 1. The molecule has 1 aromatic carbocycles. The van der Waals surface area contributed by atoms with Crippen LogP contribution in [-0.2, 0) is 4.74 Å². The SMILES string of the molecule is Cc1ccc(C2=CCOCC2)cc1-c1nnc2c(C)nc3ccc(C4CC4)nc3n12. The van der Waals surface area contributed by atoms with Crippen LogP contribution >= 0.6 is 0 Å². The molecular formula is C24H23N5O. The highest BCUT2D eigenvalue weighted by Gasteiger charge is 2.26. The van der Waals surface area contributed by atoms with E-state index < -0.39 is 0 Å². The molecule has 0 unspecified atom stereocenters. The van der Waals surface area contributed by atoms with Crippen LogP contribution in [0, 0.1) is 13.8 Å². The van der Waals surface area contributed by atoms with E-state index in [1.165, 1.54) is 29.5 Å². The highest BCUT2D eigenvalue weighted by molar-refractivity contribution is 5.80. The van der Waals surface area contributed by atoms with Crippen molar-refractivity contribution in [3.8, 4) is 11.4 Å². The van der Waals surface area contributed by atoms with Crippen LogP contribution in [0.5, 0.6) is 0 Å². The molecule has 6 rings (SSSR count). The van der Waals surface area contributed by atoms with E-state index in [0.29, 0.717) is 12.5 Å². The maximum Gasteiger partial charge on any atom is 0.184 e. The van der Waals surface area contributed by atoms with E-state index in [1.54, 1.807) is 0 Å². The van der Waals surface area contributed by atoms with Crippen molar-refractivity contribution in [1.29, 1.82) is 0 Å². The zero-order chi connectivity index (χ0) is 20.2. The van der Waals surface area contributed by atoms with E-state index in [0.717, 1.165) is 52.6 Å². The second kappa shape index (κ2) is 6.71. The average molecular weight is 397 g/mol. The standard InChI is InChI=1S/C24H23N5O/c1-14-3-4-18(16-9-11-30-12-10-16)13-19(14)23-28-27-22-15(2)25-21-8-7-20(17-5-6-17)26-24(21)29(22)23/h3-4,7-9,13,17H,5-6,10-12H2,1-2H3. The van der Waals surface area contributed by atoms with Gasteiger partial charge in [-0.3, -0.25) is 4.40 Å². The van der Waals surface area contributed by atoms with E-state index in [2.05, 4.69) is 57.9 Å². The number of nitrogens with zero attached hydrogens (tertiary/aromatic N) is 5. The molecule has 0 atom stereocenters. The Hall–Kier alpha value is -3.12. The molecule has 30 heavy (non-hydrogen) atoms. The fourth-order valence-corrected chi connectivity index (χ4v) is 4.29. The predicted molar refractivity (Wildman–Crippen MR) is 116 cm³/mol. The first-order chi connectivity index (χ1) is 14.7. The Bertz CT molecular complexity index is 1330. The summed E-state index contributed by atoms with van der Waals surface area (Å²) < 4.78 is 7.58. The summed E-state index contributed by atoms with van der Waals surface area (Å²) in [6.45, 7) is 5.55. The number of hydrogen-bond acceptors (Lipinski definition) is 5. The number of aryl methyl sites for hydroxylation is 2. The third-order valence-corrected chi connectivity index (χ3v) is 6.17. The molecule has 2 aliphatic rings. The summed E-state index contributed by atoms with van der Waals surface area (Å²) >= 11 is 0. The number of aromatic nitrogens is 5. The molecule has 0 N–H and O–H groups in total. The molecule has 0 radical (unpaired) electrons. The highest BCUT2D eigenvalue weighted by atomic mass is 16.5. The van der Waals surface area contributed by atoms with Crippen LogP contribution in [0.25, 0.3) is 33.8 Å². The van der Waals surface area contributed by atoms with Crippen LogP contribution in [0.3, 0.4) is 0 Å². The minimum atomic E-state index is 0.580. The molecule has 150 valence electrons. The number of hydrogen-bond donors (Lipinski definition) is 0. The Kier molecular flexibility index (Phi) is 3.96. The molecular weight excluding hydrogens is 374 g/mol. The lowest BCUT2D eigenvalue weighted by Crippen LogP contribution is -2.04. The third kappa shape index (κ3) is 2.82. The number of ether oxygens (including phenoxy) is 1. The van der Waals surface area contributed by atoms with Gasteiger partial charge in [0.1, 0.15) is 5.52 Å². The monoisotopic (exact) mass is 397 g/mol. The fourth-order valence-electron chi connectivity index (χ4n) is 4.29. The summed E-state index contributed by atoms with van der Waals surface area (Å²) in [6, 6.07) is 10.8. The molecule has 1 saturated carbocycles. The van der Waals surface area contributed by atoms with E-state index in [-0.39, 0.29) is 0 Å². The minimum Gasteiger partial charge on any atom is -0.377 e. The maximum absolute atomic E-state index is 5.48. The summed E-state index contributed by atoms with van der Waals surface area (Å²) in [4.78, 5) is 9.74. The molecule has 4 heterocycles. The van der Waals surface area contributed by atoms with E-state index in [4.69, 9.17) is 14.7 Å². The Morgan fingerprint density at radius 1 is 1.00 bits per heavy atom. The van der Waals surface area contributed by atoms with Crippen LogP contribution in [0.1, 0.15) is 47.7 Å². The van der Waals surface area contributed by atoms with Crippen LogP contribution < -0.4 is 0 Å². The summed E-state index contributed by atoms with van der Waals surface area (Å²) in [5, 5.41) is 9.10. The first-order valence-corrected chi connectivity index (χ1v) is 10.6. The molecule has 1 aliphatic heterocycles. The van der Waals surface area contributed by atoms with Gasteiger partial charge in [-0.15, -0.1) is 10.2 Å². The van der Waals surface area contributed by atoms with Crippen LogP contribution in [0.4, 0.5) is 0 Å². The van der Waals surface area contributed by atoms with Crippen molar-refractivity contribution in [2.45, 2.75) is 39.0 Å². The highest BCUT2D eigenvalue weighted by Crippen LogP contribution is 2.39. The second-order valence-corrected chi connectivity index (χ2v) is 8.32. The lowest BCUT2D eigenvalue weighted by atomic mass is 9.96. The Labute approximate surface area is 174 Å². The first-order valence-electron chi connectivity index (χ1n) is 10.6. The van der Waals surface area contributed by atoms with Gasteiger partial charge in [-0.1, -0.05) is 18.2 Å². The van der Waals surface area contributed by atoms with E-state index in [9.17, 15) is 0 Å². The number of rotatable bonds is 3. The second-order valence-electron chi connectivity index (χ2n) is 8.32. The normalized spacial score (nSPS) is 16.9. The number of fused-ring (bicyclic) bond motifs is 3. The van der Waals surface area contributed by atoms with Crippen molar-refractivity contribution in [2.75, 3.05) is 13.2 Å². The quantitative estimate of drug-likeness (QED) is 0.504. The molecule has 4 aromatic rings. The Morgan fingerprint density at radius 3 is 2.70 bits per heavy atom. The fraction of sp³-hybridized carbons (Fsp3) is 0.333. The Balaban J connectivity index is 1.60. The lowest BCUT2D eigenvalue weighted by molar-refractivity contribution is 0.161. The molecule has 3 aromatic heterocycles. The van der Waals surface area contributed by atoms with Gasteiger partial charge >= 0.3 is 0 Å². The maximum atomic E-state index is 5.48. The van der Waals surface area contributed by atoms with Crippen LogP contribution in [0.2, 0.25) is 0 Å². The molecule has 0 saturated heterocycles. The third-order valence-electron chi connectivity index (χ3n) is 6.17. The Morgan fingerprint density at radius 2 is 1.90 bits per heavy atom. The molecule has 1 fully saturated rings. The first kappa shape index (κ1) is 17.7. The van der Waals surface area contributed by atoms with Gasteiger partial charge < -0.3 is 4.74 Å². The zero-order valence-corrected chi connectivity index (χ0v) is 17.2. The van der Waals surface area contributed by atoms with Gasteiger partial charge in [0.05, 0.1) is 18.9 Å². The lowest BCUT2D eigenvalue weighted by Gasteiger charge is -2.15. The van der Waals surface area contributed by atoms with Crippen molar-refractivity contribution < 1.29 is 4.74 Å². The largest absolute Gasteiger partial charge is 0.377 e. The van der Waals surface area contributed by atoms with Crippen molar-refractivity contribution >= 4 is 22.4 Å². The summed E-state index contributed by atoms with van der Waals surface area (Å²) in [5.41, 5.74) is 9.30. The van der Waals surface area contributed by atoms with Gasteiger partial charge in [0.25, 0.3) is 0 Å². The van der Waals surface area contributed by atoms with E-state index in [1.807, 2.05) is 6.92 Å². The molecule has 1 aliphatic carbocycles. The summed E-state index contributed by atoms with van der Waals surface area (Å²) in [6.07, 6.45) is 5.54. The van der Waals surface area contributed by atoms with Gasteiger partial charge in [0.15, 0.2) is 17.1 Å². The van der Waals surface area contributed by atoms with Gasteiger partial charge in [-0.2, -0.15) is 0 Å². The van der Waals surface area contributed by atoms with E-state index >= 15 is 0 Å². The smallest absolute Gasteiger partial charge is 0.184 e. The summed E-state index contributed by atoms with van der Waals surface area (Å²) in [5.74, 6) is 1.41. The minimum absolute atomic E-state index is 0.580. The average Bonchev–Trinajstić information content (AvgIpc) is 3.53. The molecule has 6 heteroatoms. The summed E-state index contributed by atoms with van der Waals surface area (Å²) in [7, 11) is 0. The zero-order valence-electron chi connectivity index (χ0n) is 17.2. The van der Waals surface area contributed by atoms with Crippen molar-refractivity contribution in [3.05, 3.63) is 58.9 Å². The topological polar surface area (TPSA) is 65.2 Å². The molecule has 0 amide bonds. The van der Waals surface area contributed by atoms with Crippen LogP contribution in [0.15, 0.2) is 36.4 Å². The van der Waals surface area contributed by atoms with Gasteiger partial charge in [-0.25, -0.2) is 9.97 Å². The molecule has 0 bridgehead atoms. The molecule has 6 nitrogen and oxygen atoms in total. The van der Waals surface area contributed by atoms with Crippen molar-refractivity contribution in [3.63, 3.8) is 0 Å². The number of pyridine rings is 1.